The van der Waals surface area contributed by atoms with Crippen LogP contribution in [0.25, 0.3) is 5.69 Å². The molecule has 1 aliphatic heterocycles. The van der Waals surface area contributed by atoms with Gasteiger partial charge in [-0.05, 0) is 61.2 Å². The smallest absolute Gasteiger partial charge is 0.254 e. The van der Waals surface area contributed by atoms with E-state index in [4.69, 9.17) is 4.74 Å². The Morgan fingerprint density at radius 1 is 1.11 bits per heavy atom. The van der Waals surface area contributed by atoms with Crippen molar-refractivity contribution < 1.29 is 9.53 Å². The minimum absolute atomic E-state index is 0.0662. The van der Waals surface area contributed by atoms with Crippen LogP contribution in [0.3, 0.4) is 0 Å². The highest BCUT2D eigenvalue weighted by atomic mass is 16.5. The summed E-state index contributed by atoms with van der Waals surface area (Å²) in [6.45, 7) is 0.771. The molecule has 0 radical (unpaired) electrons. The van der Waals surface area contributed by atoms with E-state index in [2.05, 4.69) is 11.2 Å². The molecule has 1 atom stereocenters. The third kappa shape index (κ3) is 3.58. The Hall–Kier alpha value is -3.08. The van der Waals surface area contributed by atoms with Crippen molar-refractivity contribution in [3.63, 3.8) is 0 Å². The molecule has 138 valence electrons. The lowest BCUT2D eigenvalue weighted by Gasteiger charge is -2.36. The van der Waals surface area contributed by atoms with E-state index in [0.717, 1.165) is 42.8 Å². The zero-order valence-corrected chi connectivity index (χ0v) is 15.4. The second-order valence-corrected chi connectivity index (χ2v) is 6.79. The highest BCUT2D eigenvalue weighted by Gasteiger charge is 2.29. The molecule has 0 bridgehead atoms. The topological polar surface area (TPSA) is 47.4 Å². The molecule has 1 fully saturated rings. The number of rotatable bonds is 4. The molecular weight excluding hydrogens is 338 g/mol. The number of aromatic nitrogens is 2. The number of methoxy groups -OCH3 is 1. The van der Waals surface area contributed by atoms with Crippen LogP contribution in [0.4, 0.5) is 0 Å². The number of hydrogen-bond donors (Lipinski definition) is 0. The standard InChI is InChI=1S/C22H23N3O2/c1-27-20-10-5-7-17(16-20)21-11-2-3-13-24(21)22(26)18-8-4-9-19(15-18)25-14-6-12-23-25/h4-10,12,14-16,21H,2-3,11,13H2,1H3. The van der Waals surface area contributed by atoms with Crippen LogP contribution in [0.1, 0.15) is 41.2 Å². The molecule has 0 aliphatic carbocycles. The minimum atomic E-state index is 0.0662. The molecule has 27 heavy (non-hydrogen) atoms. The second-order valence-electron chi connectivity index (χ2n) is 6.79. The molecule has 5 heteroatoms. The molecule has 5 nitrogen and oxygen atoms in total. The van der Waals surface area contributed by atoms with Gasteiger partial charge in [0, 0.05) is 24.5 Å². The predicted molar refractivity (Wildman–Crippen MR) is 104 cm³/mol. The lowest BCUT2D eigenvalue weighted by molar-refractivity contribution is 0.0611. The number of carbonyl (C=O) groups excluding carboxylic acids is 1. The summed E-state index contributed by atoms with van der Waals surface area (Å²) < 4.78 is 7.14. The lowest BCUT2D eigenvalue weighted by Crippen LogP contribution is -2.38. The average molecular weight is 361 g/mol. The van der Waals surface area contributed by atoms with E-state index in [-0.39, 0.29) is 11.9 Å². The Morgan fingerprint density at radius 2 is 2.00 bits per heavy atom. The zero-order chi connectivity index (χ0) is 18.6. The number of likely N-dealkylation sites (tertiary alicyclic amines) is 1. The zero-order valence-electron chi connectivity index (χ0n) is 15.4. The first-order valence-corrected chi connectivity index (χ1v) is 9.31. The molecule has 1 amide bonds. The highest BCUT2D eigenvalue weighted by molar-refractivity contribution is 5.95. The molecule has 1 unspecified atom stereocenters. The fraction of sp³-hybridized carbons (Fsp3) is 0.273. The van der Waals surface area contributed by atoms with Gasteiger partial charge in [-0.2, -0.15) is 5.10 Å². The van der Waals surface area contributed by atoms with E-state index < -0.39 is 0 Å². The van der Waals surface area contributed by atoms with Crippen molar-refractivity contribution in [2.45, 2.75) is 25.3 Å². The summed E-state index contributed by atoms with van der Waals surface area (Å²) in [5.74, 6) is 0.891. The maximum absolute atomic E-state index is 13.3. The van der Waals surface area contributed by atoms with Gasteiger partial charge in [0.2, 0.25) is 0 Å². The van der Waals surface area contributed by atoms with Crippen molar-refractivity contribution in [1.82, 2.24) is 14.7 Å². The van der Waals surface area contributed by atoms with E-state index in [1.807, 2.05) is 59.6 Å². The van der Waals surface area contributed by atoms with Crippen LogP contribution in [0.15, 0.2) is 67.0 Å². The quantitative estimate of drug-likeness (QED) is 0.698. The van der Waals surface area contributed by atoms with Crippen molar-refractivity contribution in [1.29, 1.82) is 0 Å². The number of ether oxygens (including phenoxy) is 1. The monoisotopic (exact) mass is 361 g/mol. The summed E-state index contributed by atoms with van der Waals surface area (Å²) in [6, 6.07) is 17.7. The number of carbonyl (C=O) groups is 1. The SMILES string of the molecule is COc1cccc(C2CCCCN2C(=O)c2cccc(-n3cccn3)c2)c1. The Morgan fingerprint density at radius 3 is 2.81 bits per heavy atom. The maximum atomic E-state index is 13.3. The number of benzene rings is 2. The van der Waals surface area contributed by atoms with Gasteiger partial charge in [-0.3, -0.25) is 4.79 Å². The van der Waals surface area contributed by atoms with Crippen molar-refractivity contribution in [3.05, 3.63) is 78.1 Å². The van der Waals surface area contributed by atoms with Crippen LogP contribution >= 0.6 is 0 Å². The first-order chi connectivity index (χ1) is 13.3. The molecule has 1 saturated heterocycles. The van der Waals surface area contributed by atoms with E-state index in [1.165, 1.54) is 0 Å². The van der Waals surface area contributed by atoms with Gasteiger partial charge in [-0.25, -0.2) is 4.68 Å². The Bertz CT molecular complexity index is 921. The number of amides is 1. The van der Waals surface area contributed by atoms with Crippen LogP contribution in [0.5, 0.6) is 5.75 Å². The average Bonchev–Trinajstić information content (AvgIpc) is 3.28. The van der Waals surface area contributed by atoms with Crippen molar-refractivity contribution in [2.75, 3.05) is 13.7 Å². The fourth-order valence-electron chi connectivity index (χ4n) is 3.74. The molecule has 3 aromatic rings. The van der Waals surface area contributed by atoms with Crippen LogP contribution in [0.2, 0.25) is 0 Å². The van der Waals surface area contributed by atoms with Gasteiger partial charge in [0.05, 0.1) is 18.8 Å². The molecule has 2 aromatic carbocycles. The summed E-state index contributed by atoms with van der Waals surface area (Å²) >= 11 is 0. The summed E-state index contributed by atoms with van der Waals surface area (Å²) in [5.41, 5.74) is 2.71. The van der Waals surface area contributed by atoms with Crippen molar-refractivity contribution >= 4 is 5.91 Å². The third-order valence-corrected chi connectivity index (χ3v) is 5.10. The van der Waals surface area contributed by atoms with E-state index in [9.17, 15) is 4.79 Å². The van der Waals surface area contributed by atoms with Gasteiger partial charge >= 0.3 is 0 Å². The Balaban J connectivity index is 1.64. The molecule has 0 N–H and O–H groups in total. The predicted octanol–water partition coefficient (Wildman–Crippen LogP) is 4.25. The molecule has 0 saturated carbocycles. The Kier molecular flexibility index (Phi) is 4.92. The fourth-order valence-corrected chi connectivity index (χ4v) is 3.74. The van der Waals surface area contributed by atoms with Gasteiger partial charge in [-0.15, -0.1) is 0 Å². The van der Waals surface area contributed by atoms with Gasteiger partial charge in [0.1, 0.15) is 5.75 Å². The van der Waals surface area contributed by atoms with E-state index in [0.29, 0.717) is 5.56 Å². The van der Waals surface area contributed by atoms with Crippen molar-refractivity contribution in [3.8, 4) is 11.4 Å². The minimum Gasteiger partial charge on any atom is -0.497 e. The Labute approximate surface area is 159 Å². The first kappa shape index (κ1) is 17.3. The van der Waals surface area contributed by atoms with Gasteiger partial charge in [-0.1, -0.05) is 18.2 Å². The maximum Gasteiger partial charge on any atom is 0.254 e. The highest BCUT2D eigenvalue weighted by Crippen LogP contribution is 2.33. The van der Waals surface area contributed by atoms with Crippen LogP contribution in [0, 0.1) is 0 Å². The molecule has 0 spiro atoms. The summed E-state index contributed by atoms with van der Waals surface area (Å²) in [5, 5.41) is 4.26. The molecule has 2 heterocycles. The first-order valence-electron chi connectivity index (χ1n) is 9.31. The van der Waals surface area contributed by atoms with Gasteiger partial charge < -0.3 is 9.64 Å². The van der Waals surface area contributed by atoms with Gasteiger partial charge in [0.15, 0.2) is 0 Å². The van der Waals surface area contributed by atoms with E-state index >= 15 is 0 Å². The normalized spacial score (nSPS) is 16.9. The number of piperidine rings is 1. The lowest BCUT2D eigenvalue weighted by atomic mass is 9.94. The van der Waals surface area contributed by atoms with Crippen LogP contribution < -0.4 is 4.74 Å². The third-order valence-electron chi connectivity index (χ3n) is 5.10. The summed E-state index contributed by atoms with van der Waals surface area (Å²) in [4.78, 5) is 15.3. The molecule has 4 rings (SSSR count). The van der Waals surface area contributed by atoms with Gasteiger partial charge in [0.25, 0.3) is 5.91 Å². The molecular formula is C22H23N3O2. The number of nitrogens with zero attached hydrogens (tertiary/aromatic N) is 3. The molecule has 1 aliphatic rings. The van der Waals surface area contributed by atoms with Crippen LogP contribution in [-0.4, -0.2) is 34.2 Å². The number of hydrogen-bond acceptors (Lipinski definition) is 3. The summed E-state index contributed by atoms with van der Waals surface area (Å²) in [7, 11) is 1.67. The van der Waals surface area contributed by atoms with Crippen molar-refractivity contribution in [2.24, 2.45) is 0 Å². The molecule has 1 aromatic heterocycles. The van der Waals surface area contributed by atoms with E-state index in [1.54, 1.807) is 18.0 Å². The second kappa shape index (κ2) is 7.66. The van der Waals surface area contributed by atoms with Crippen LogP contribution in [-0.2, 0) is 0 Å². The largest absolute Gasteiger partial charge is 0.497 e. The summed E-state index contributed by atoms with van der Waals surface area (Å²) in [6.07, 6.45) is 6.74.